The summed E-state index contributed by atoms with van der Waals surface area (Å²) in [4.78, 5) is 16.9. The zero-order valence-corrected chi connectivity index (χ0v) is 22.2. The topological polar surface area (TPSA) is 49.8 Å². The summed E-state index contributed by atoms with van der Waals surface area (Å²) in [5.41, 5.74) is 3.47. The Labute approximate surface area is 221 Å². The number of phenolic OH excluding ortho intramolecular Hbond substituents is 1. The molecule has 1 aliphatic rings. The molecule has 0 bridgehead atoms. The van der Waals surface area contributed by atoms with Crippen LogP contribution in [0.5, 0.6) is 11.5 Å². The molecule has 1 N–H and O–H groups in total. The lowest BCUT2D eigenvalue weighted by atomic mass is 9.94. The number of rotatable bonds is 7. The van der Waals surface area contributed by atoms with E-state index in [0.717, 1.165) is 46.6 Å². The van der Waals surface area contributed by atoms with Crippen molar-refractivity contribution in [3.05, 3.63) is 82.0 Å². The van der Waals surface area contributed by atoms with Gasteiger partial charge in [0.25, 0.3) is 0 Å². The van der Waals surface area contributed by atoms with Crippen LogP contribution in [0.1, 0.15) is 52.0 Å². The van der Waals surface area contributed by atoms with Crippen molar-refractivity contribution in [2.45, 2.75) is 39.5 Å². The lowest BCUT2D eigenvalue weighted by Crippen LogP contribution is -2.29. The number of ketones is 1. The summed E-state index contributed by atoms with van der Waals surface area (Å²) in [5.74, 6) is 0.471. The molecule has 0 saturated carbocycles. The van der Waals surface area contributed by atoms with Crippen molar-refractivity contribution in [1.82, 2.24) is 4.90 Å². The van der Waals surface area contributed by atoms with Crippen molar-refractivity contribution in [1.29, 1.82) is 0 Å². The third kappa shape index (κ3) is 5.55. The van der Waals surface area contributed by atoms with E-state index < -0.39 is 0 Å². The highest BCUT2D eigenvalue weighted by atomic mass is 32.1. The fraction of sp³-hybridized carbons (Fsp3) is 0.323. The summed E-state index contributed by atoms with van der Waals surface area (Å²) in [7, 11) is 0. The summed E-state index contributed by atoms with van der Waals surface area (Å²) in [6, 6.07) is 15.8. The molecule has 0 aliphatic carbocycles. The van der Waals surface area contributed by atoms with Crippen molar-refractivity contribution in [2.75, 3.05) is 26.2 Å². The molecule has 2 heterocycles. The molecule has 0 spiro atoms. The van der Waals surface area contributed by atoms with Gasteiger partial charge in [0.2, 0.25) is 5.78 Å². The van der Waals surface area contributed by atoms with E-state index in [1.807, 2.05) is 30.3 Å². The molecule has 0 atom stereocenters. The van der Waals surface area contributed by atoms with E-state index in [-0.39, 0.29) is 17.3 Å². The molecule has 4 aromatic rings. The highest BCUT2D eigenvalue weighted by Gasteiger charge is 2.24. The van der Waals surface area contributed by atoms with E-state index in [1.54, 1.807) is 26.0 Å². The number of nitrogens with zero attached hydrogens (tertiary/aromatic N) is 1. The number of likely N-dealkylation sites (tertiary alicyclic amines) is 1. The standard InChI is InChI=1S/C31H32FNO3S/c1-20-17-23(32)18-21(2)28(20)30(35)31-29(26-12-9-24(34)19-27(26)37-31)22-7-10-25(11-8-22)36-16-15-33-13-5-3-4-6-14-33/h7-12,17-19,34H,3-6,13-16H2,1-2H3. The average Bonchev–Trinajstić information content (AvgIpc) is 3.03. The van der Waals surface area contributed by atoms with Crippen LogP contribution in [0.3, 0.4) is 0 Å². The Kier molecular flexibility index (Phi) is 7.58. The van der Waals surface area contributed by atoms with Crippen LogP contribution >= 0.6 is 11.3 Å². The van der Waals surface area contributed by atoms with Crippen molar-refractivity contribution in [2.24, 2.45) is 0 Å². The minimum Gasteiger partial charge on any atom is -0.508 e. The number of fused-ring (bicyclic) bond motifs is 1. The first-order valence-corrected chi connectivity index (χ1v) is 13.7. The van der Waals surface area contributed by atoms with Crippen LogP contribution in [0.2, 0.25) is 0 Å². The normalized spacial score (nSPS) is 14.6. The fourth-order valence-corrected chi connectivity index (χ4v) is 6.49. The lowest BCUT2D eigenvalue weighted by Gasteiger charge is -2.19. The van der Waals surface area contributed by atoms with E-state index in [2.05, 4.69) is 4.90 Å². The molecule has 192 valence electrons. The second-order valence-corrected chi connectivity index (χ2v) is 10.9. The summed E-state index contributed by atoms with van der Waals surface area (Å²) < 4.78 is 20.8. The minimum atomic E-state index is -0.348. The van der Waals surface area contributed by atoms with Crippen LogP contribution < -0.4 is 4.74 Å². The Morgan fingerprint density at radius 3 is 2.32 bits per heavy atom. The van der Waals surface area contributed by atoms with Gasteiger partial charge in [-0.2, -0.15) is 0 Å². The number of carbonyl (C=O) groups is 1. The van der Waals surface area contributed by atoms with Crippen molar-refractivity contribution in [3.8, 4) is 22.6 Å². The number of benzene rings is 3. The predicted molar refractivity (Wildman–Crippen MR) is 149 cm³/mol. The van der Waals surface area contributed by atoms with Crippen LogP contribution in [0.4, 0.5) is 4.39 Å². The predicted octanol–water partition coefficient (Wildman–Crippen LogP) is 7.52. The first-order chi connectivity index (χ1) is 17.9. The Morgan fingerprint density at radius 2 is 1.65 bits per heavy atom. The van der Waals surface area contributed by atoms with Gasteiger partial charge in [-0.05, 0) is 98.9 Å². The number of halogens is 1. The first-order valence-electron chi connectivity index (χ1n) is 12.9. The molecule has 1 aliphatic heterocycles. The number of hydrogen-bond donors (Lipinski definition) is 1. The Balaban J connectivity index is 1.44. The number of carbonyl (C=O) groups excluding carboxylic acids is 1. The molecule has 1 aromatic heterocycles. The lowest BCUT2D eigenvalue weighted by molar-refractivity contribution is 0.104. The number of hydrogen-bond acceptors (Lipinski definition) is 5. The van der Waals surface area contributed by atoms with E-state index in [0.29, 0.717) is 28.2 Å². The average molecular weight is 518 g/mol. The van der Waals surface area contributed by atoms with Gasteiger partial charge in [0.15, 0.2) is 0 Å². The van der Waals surface area contributed by atoms with Gasteiger partial charge in [-0.3, -0.25) is 9.69 Å². The Bertz CT molecular complexity index is 1400. The SMILES string of the molecule is Cc1cc(F)cc(C)c1C(=O)c1sc2cc(O)ccc2c1-c1ccc(OCCN2CCCCCC2)cc1. The quantitative estimate of drug-likeness (QED) is 0.258. The molecule has 6 heteroatoms. The maximum Gasteiger partial charge on any atom is 0.204 e. The highest BCUT2D eigenvalue weighted by Crippen LogP contribution is 2.42. The maximum absolute atomic E-state index is 13.9. The monoisotopic (exact) mass is 517 g/mol. The van der Waals surface area contributed by atoms with Gasteiger partial charge in [0.05, 0.1) is 4.88 Å². The van der Waals surface area contributed by atoms with E-state index in [4.69, 9.17) is 4.74 Å². The van der Waals surface area contributed by atoms with Gasteiger partial charge in [-0.1, -0.05) is 25.0 Å². The van der Waals surface area contributed by atoms with E-state index in [9.17, 15) is 14.3 Å². The van der Waals surface area contributed by atoms with Crippen LogP contribution in [0, 0.1) is 19.7 Å². The molecule has 3 aromatic carbocycles. The van der Waals surface area contributed by atoms with Crippen LogP contribution in [-0.2, 0) is 0 Å². The molecule has 5 rings (SSSR count). The zero-order valence-electron chi connectivity index (χ0n) is 21.4. The third-order valence-electron chi connectivity index (χ3n) is 7.12. The second-order valence-electron chi connectivity index (χ2n) is 9.86. The van der Waals surface area contributed by atoms with Crippen molar-refractivity contribution < 1.29 is 19.0 Å². The molecular weight excluding hydrogens is 485 g/mol. The second kappa shape index (κ2) is 11.0. The zero-order chi connectivity index (χ0) is 25.9. The van der Waals surface area contributed by atoms with Gasteiger partial charge in [0, 0.05) is 27.8 Å². The van der Waals surface area contributed by atoms with Crippen molar-refractivity contribution in [3.63, 3.8) is 0 Å². The van der Waals surface area contributed by atoms with Gasteiger partial charge in [-0.25, -0.2) is 4.39 Å². The number of thiophene rings is 1. The molecular formula is C31H32FNO3S. The molecule has 0 unspecified atom stereocenters. The highest BCUT2D eigenvalue weighted by molar-refractivity contribution is 7.21. The van der Waals surface area contributed by atoms with Gasteiger partial charge in [-0.15, -0.1) is 11.3 Å². The Morgan fingerprint density at radius 1 is 0.973 bits per heavy atom. The van der Waals surface area contributed by atoms with Gasteiger partial charge < -0.3 is 9.84 Å². The molecule has 1 saturated heterocycles. The molecule has 37 heavy (non-hydrogen) atoms. The first kappa shape index (κ1) is 25.4. The summed E-state index contributed by atoms with van der Waals surface area (Å²) in [6.45, 7) is 7.39. The maximum atomic E-state index is 13.9. The number of ether oxygens (including phenoxy) is 1. The van der Waals surface area contributed by atoms with Crippen LogP contribution in [0.25, 0.3) is 21.2 Å². The largest absolute Gasteiger partial charge is 0.508 e. The minimum absolute atomic E-state index is 0.136. The molecule has 0 amide bonds. The van der Waals surface area contributed by atoms with Crippen LogP contribution in [0.15, 0.2) is 54.6 Å². The number of aryl methyl sites for hydroxylation is 2. The fourth-order valence-electron chi connectivity index (χ4n) is 5.28. The number of aromatic hydroxyl groups is 1. The Hall–Kier alpha value is -3.22. The summed E-state index contributed by atoms with van der Waals surface area (Å²) in [6.07, 6.45) is 5.17. The van der Waals surface area contributed by atoms with Crippen LogP contribution in [-0.4, -0.2) is 42.0 Å². The van der Waals surface area contributed by atoms with Gasteiger partial charge in [0.1, 0.15) is 23.9 Å². The van der Waals surface area contributed by atoms with Crippen molar-refractivity contribution >= 4 is 27.2 Å². The number of phenols is 1. The third-order valence-corrected chi connectivity index (χ3v) is 8.27. The summed E-state index contributed by atoms with van der Waals surface area (Å²) >= 11 is 1.35. The smallest absolute Gasteiger partial charge is 0.204 e. The molecule has 1 fully saturated rings. The van der Waals surface area contributed by atoms with Gasteiger partial charge >= 0.3 is 0 Å². The summed E-state index contributed by atoms with van der Waals surface area (Å²) in [5, 5.41) is 11.0. The van der Waals surface area contributed by atoms with E-state index in [1.165, 1.54) is 49.2 Å². The van der Waals surface area contributed by atoms with E-state index >= 15 is 0 Å². The molecule has 4 nitrogen and oxygen atoms in total. The molecule has 0 radical (unpaired) electrons.